The Hall–Kier alpha value is -0.250. The molecule has 0 heterocycles. The highest BCUT2D eigenvalue weighted by molar-refractivity contribution is 9.10. The third-order valence-electron chi connectivity index (χ3n) is 2.28. The topological polar surface area (TPSA) is 67.4 Å². The van der Waals surface area contributed by atoms with E-state index in [2.05, 4.69) is 26.0 Å². The Bertz CT molecular complexity index is 516. The summed E-state index contributed by atoms with van der Waals surface area (Å²) in [5, 5.41) is 3.01. The van der Waals surface area contributed by atoms with Gasteiger partial charge in [-0.1, -0.05) is 0 Å². The van der Waals surface area contributed by atoms with Crippen LogP contribution in [0.15, 0.2) is 27.6 Å². The zero-order valence-electron chi connectivity index (χ0n) is 10.9. The van der Waals surface area contributed by atoms with Crippen LogP contribution in [0.2, 0.25) is 0 Å². The van der Waals surface area contributed by atoms with Gasteiger partial charge in [-0.15, -0.1) is 12.4 Å². The number of methoxy groups -OCH3 is 1. The standard InChI is InChI=1S/C11H16BrFN2O3S.ClH/c1-18-7-6-14-4-5-15-19(16,17)9-2-3-11(13)10(12)8-9;/h2-3,8,14-15H,4-7H2,1H3;1H. The van der Waals surface area contributed by atoms with Crippen LogP contribution in [0.3, 0.4) is 0 Å². The molecular weight excluding hydrogens is 375 g/mol. The number of benzene rings is 1. The summed E-state index contributed by atoms with van der Waals surface area (Å²) in [6, 6.07) is 3.56. The Kier molecular flexibility index (Phi) is 9.52. The van der Waals surface area contributed by atoms with E-state index in [4.69, 9.17) is 4.74 Å². The van der Waals surface area contributed by atoms with Gasteiger partial charge in [-0.2, -0.15) is 0 Å². The van der Waals surface area contributed by atoms with E-state index in [1.807, 2.05) is 0 Å². The lowest BCUT2D eigenvalue weighted by Crippen LogP contribution is -2.33. The van der Waals surface area contributed by atoms with E-state index in [1.165, 1.54) is 12.1 Å². The normalized spacial score (nSPS) is 11.2. The first-order chi connectivity index (χ1) is 8.97. The molecule has 0 aliphatic heterocycles. The van der Waals surface area contributed by atoms with E-state index in [9.17, 15) is 12.8 Å². The van der Waals surface area contributed by atoms with Gasteiger partial charge in [-0.25, -0.2) is 17.5 Å². The van der Waals surface area contributed by atoms with Crippen LogP contribution in [0.1, 0.15) is 0 Å². The van der Waals surface area contributed by atoms with Crippen LogP contribution in [0.25, 0.3) is 0 Å². The molecule has 0 saturated heterocycles. The highest BCUT2D eigenvalue weighted by atomic mass is 79.9. The predicted octanol–water partition coefficient (Wildman–Crippen LogP) is 1.52. The van der Waals surface area contributed by atoms with Crippen LogP contribution in [-0.4, -0.2) is 41.8 Å². The van der Waals surface area contributed by atoms with Gasteiger partial charge in [0.15, 0.2) is 0 Å². The second-order valence-corrected chi connectivity index (χ2v) is 6.34. The van der Waals surface area contributed by atoms with Crippen LogP contribution in [-0.2, 0) is 14.8 Å². The van der Waals surface area contributed by atoms with Crippen molar-refractivity contribution in [2.75, 3.05) is 33.4 Å². The fraction of sp³-hybridized carbons (Fsp3) is 0.455. The lowest BCUT2D eigenvalue weighted by molar-refractivity contribution is 0.199. The molecule has 0 atom stereocenters. The molecule has 0 aromatic heterocycles. The molecule has 0 fully saturated rings. The highest BCUT2D eigenvalue weighted by Gasteiger charge is 2.14. The van der Waals surface area contributed by atoms with Gasteiger partial charge in [0.05, 0.1) is 16.0 Å². The molecule has 0 bridgehead atoms. The second-order valence-electron chi connectivity index (χ2n) is 3.72. The van der Waals surface area contributed by atoms with Gasteiger partial charge in [0, 0.05) is 26.7 Å². The molecule has 0 aliphatic carbocycles. The molecule has 1 rings (SSSR count). The number of nitrogens with one attached hydrogen (secondary N) is 2. The number of hydrogen-bond donors (Lipinski definition) is 2. The Morgan fingerprint density at radius 1 is 1.30 bits per heavy atom. The van der Waals surface area contributed by atoms with E-state index in [1.54, 1.807) is 7.11 Å². The Labute approximate surface area is 132 Å². The van der Waals surface area contributed by atoms with E-state index >= 15 is 0 Å². The molecule has 0 saturated carbocycles. The largest absolute Gasteiger partial charge is 0.383 e. The lowest BCUT2D eigenvalue weighted by Gasteiger charge is -2.08. The molecule has 1 aromatic rings. The minimum absolute atomic E-state index is 0. The number of sulfonamides is 1. The molecule has 9 heteroatoms. The molecule has 1 aromatic carbocycles. The minimum Gasteiger partial charge on any atom is -0.383 e. The molecule has 0 spiro atoms. The Balaban J connectivity index is 0.00000361. The summed E-state index contributed by atoms with van der Waals surface area (Å²) in [4.78, 5) is 0.0256. The van der Waals surface area contributed by atoms with Crippen LogP contribution >= 0.6 is 28.3 Å². The molecule has 5 nitrogen and oxygen atoms in total. The summed E-state index contributed by atoms with van der Waals surface area (Å²) >= 11 is 2.96. The van der Waals surface area contributed by atoms with Crippen LogP contribution < -0.4 is 10.0 Å². The molecule has 0 amide bonds. The average Bonchev–Trinajstić information content (AvgIpc) is 2.36. The number of halogens is 3. The quantitative estimate of drug-likeness (QED) is 0.660. The minimum atomic E-state index is -3.61. The molecule has 116 valence electrons. The predicted molar refractivity (Wildman–Crippen MR) is 81.3 cm³/mol. The summed E-state index contributed by atoms with van der Waals surface area (Å²) in [5.41, 5.74) is 0. The van der Waals surface area contributed by atoms with Gasteiger partial charge in [0.25, 0.3) is 0 Å². The van der Waals surface area contributed by atoms with Crippen LogP contribution in [0.5, 0.6) is 0 Å². The van der Waals surface area contributed by atoms with Gasteiger partial charge in [0.2, 0.25) is 10.0 Å². The monoisotopic (exact) mass is 390 g/mol. The van der Waals surface area contributed by atoms with Gasteiger partial charge in [-0.3, -0.25) is 0 Å². The van der Waals surface area contributed by atoms with Crippen molar-refractivity contribution in [3.05, 3.63) is 28.5 Å². The van der Waals surface area contributed by atoms with Crippen molar-refractivity contribution in [2.24, 2.45) is 0 Å². The SMILES string of the molecule is COCCNCCNS(=O)(=O)c1ccc(F)c(Br)c1.Cl. The van der Waals surface area contributed by atoms with Crippen molar-refractivity contribution in [3.63, 3.8) is 0 Å². The van der Waals surface area contributed by atoms with Crippen LogP contribution in [0, 0.1) is 5.82 Å². The van der Waals surface area contributed by atoms with Crippen molar-refractivity contribution in [2.45, 2.75) is 4.90 Å². The Morgan fingerprint density at radius 2 is 2.00 bits per heavy atom. The van der Waals surface area contributed by atoms with Crippen molar-refractivity contribution in [3.8, 4) is 0 Å². The fourth-order valence-corrected chi connectivity index (χ4v) is 2.89. The summed E-state index contributed by atoms with van der Waals surface area (Å²) in [6.45, 7) is 1.96. The lowest BCUT2D eigenvalue weighted by atomic mass is 10.3. The molecule has 0 unspecified atom stereocenters. The Morgan fingerprint density at radius 3 is 2.60 bits per heavy atom. The number of rotatable bonds is 8. The molecular formula is C11H17BrClFN2O3S. The van der Waals surface area contributed by atoms with Crippen LogP contribution in [0.4, 0.5) is 4.39 Å². The first-order valence-corrected chi connectivity index (χ1v) is 7.89. The third-order valence-corrected chi connectivity index (χ3v) is 4.34. The molecule has 0 radical (unpaired) electrons. The van der Waals surface area contributed by atoms with Gasteiger partial charge in [0.1, 0.15) is 5.82 Å². The zero-order valence-corrected chi connectivity index (χ0v) is 14.1. The summed E-state index contributed by atoms with van der Waals surface area (Å²) in [7, 11) is -2.02. The van der Waals surface area contributed by atoms with Crippen molar-refractivity contribution >= 4 is 38.4 Å². The van der Waals surface area contributed by atoms with E-state index < -0.39 is 15.8 Å². The van der Waals surface area contributed by atoms with Gasteiger partial charge >= 0.3 is 0 Å². The third kappa shape index (κ3) is 6.47. The van der Waals surface area contributed by atoms with E-state index in [0.29, 0.717) is 19.7 Å². The summed E-state index contributed by atoms with van der Waals surface area (Å²) in [6.07, 6.45) is 0. The number of ether oxygens (including phenoxy) is 1. The van der Waals surface area contributed by atoms with E-state index in [0.717, 1.165) is 6.07 Å². The first kappa shape index (κ1) is 19.8. The fourth-order valence-electron chi connectivity index (χ4n) is 1.30. The molecule has 2 N–H and O–H groups in total. The first-order valence-electron chi connectivity index (χ1n) is 5.62. The second kappa shape index (κ2) is 9.64. The van der Waals surface area contributed by atoms with Crippen molar-refractivity contribution in [1.29, 1.82) is 0 Å². The maximum absolute atomic E-state index is 13.0. The van der Waals surface area contributed by atoms with E-state index in [-0.39, 0.29) is 28.3 Å². The maximum Gasteiger partial charge on any atom is 0.240 e. The van der Waals surface area contributed by atoms with Crippen molar-refractivity contribution < 1.29 is 17.5 Å². The van der Waals surface area contributed by atoms with Gasteiger partial charge < -0.3 is 10.1 Å². The summed E-state index contributed by atoms with van der Waals surface area (Å²) < 4.78 is 44.2. The van der Waals surface area contributed by atoms with Crippen molar-refractivity contribution in [1.82, 2.24) is 10.0 Å². The summed E-state index contributed by atoms with van der Waals surface area (Å²) in [5.74, 6) is -0.500. The maximum atomic E-state index is 13.0. The van der Waals surface area contributed by atoms with Gasteiger partial charge in [-0.05, 0) is 34.1 Å². The highest BCUT2D eigenvalue weighted by Crippen LogP contribution is 2.19. The average molecular weight is 392 g/mol. The number of hydrogen-bond acceptors (Lipinski definition) is 4. The molecule has 0 aliphatic rings. The zero-order chi connectivity index (χ0) is 14.3. The molecule has 20 heavy (non-hydrogen) atoms. The smallest absolute Gasteiger partial charge is 0.240 e.